The summed E-state index contributed by atoms with van der Waals surface area (Å²) in [7, 11) is 0. The quantitative estimate of drug-likeness (QED) is 0.743. The van der Waals surface area contributed by atoms with Gasteiger partial charge in [-0.2, -0.15) is 25.8 Å². The first-order valence-corrected chi connectivity index (χ1v) is 6.52. The molecule has 1 nitrogen and oxygen atoms in total. The fraction of sp³-hybridized carbons (Fsp3) is 1.00. The van der Waals surface area contributed by atoms with Crippen molar-refractivity contribution in [1.29, 1.82) is 0 Å². The van der Waals surface area contributed by atoms with Crippen LogP contribution in [0.2, 0.25) is 0 Å². The Morgan fingerprint density at radius 2 is 1.59 bits per heavy atom. The molecule has 0 saturated carbocycles. The Bertz CT molecular complexity index is 221. The summed E-state index contributed by atoms with van der Waals surface area (Å²) in [6.07, 6.45) is -4.14. The number of rotatable bonds is 5. The summed E-state index contributed by atoms with van der Waals surface area (Å²) in [5.74, 6) is 0.750. The molecule has 0 amide bonds. The molecule has 0 aliphatic heterocycles. The normalized spacial score (nSPS) is 15.7. The lowest BCUT2D eigenvalue weighted by molar-refractivity contribution is -0.151. The third kappa shape index (κ3) is 7.19. The maximum atomic E-state index is 12.5. The fourth-order valence-corrected chi connectivity index (χ4v) is 2.24. The highest BCUT2D eigenvalue weighted by atomic mass is 32.1. The minimum atomic E-state index is -4.14. The summed E-state index contributed by atoms with van der Waals surface area (Å²) in [6.45, 7) is 9.31. The van der Waals surface area contributed by atoms with Crippen LogP contribution in [0.5, 0.6) is 0 Å². The number of alkyl halides is 3. The Hall–Kier alpha value is 0.100. The van der Waals surface area contributed by atoms with Crippen LogP contribution in [0.1, 0.15) is 34.6 Å². The van der Waals surface area contributed by atoms with Crippen molar-refractivity contribution in [2.45, 2.75) is 46.8 Å². The van der Waals surface area contributed by atoms with E-state index in [9.17, 15) is 13.2 Å². The molecule has 0 aromatic heterocycles. The zero-order valence-electron chi connectivity index (χ0n) is 11.3. The highest BCUT2D eigenvalue weighted by molar-refractivity contribution is 7.80. The second-order valence-electron chi connectivity index (χ2n) is 5.88. The number of halogens is 3. The van der Waals surface area contributed by atoms with E-state index in [4.69, 9.17) is 0 Å². The summed E-state index contributed by atoms with van der Waals surface area (Å²) in [5, 5.41) is 0. The van der Waals surface area contributed by atoms with Gasteiger partial charge in [-0.1, -0.05) is 20.8 Å². The summed E-state index contributed by atoms with van der Waals surface area (Å²) in [5.41, 5.74) is -0.0273. The van der Waals surface area contributed by atoms with Crippen molar-refractivity contribution in [1.82, 2.24) is 4.90 Å². The topological polar surface area (TPSA) is 3.24 Å². The predicted molar refractivity (Wildman–Crippen MR) is 69.6 cm³/mol. The van der Waals surface area contributed by atoms with E-state index in [-0.39, 0.29) is 17.4 Å². The third-order valence-electron chi connectivity index (χ3n) is 3.01. The van der Waals surface area contributed by atoms with Gasteiger partial charge in [0.05, 0.1) is 6.54 Å². The molecule has 0 aromatic rings. The zero-order chi connectivity index (χ0) is 13.9. The van der Waals surface area contributed by atoms with Crippen molar-refractivity contribution in [3.63, 3.8) is 0 Å². The largest absolute Gasteiger partial charge is 0.401 e. The summed E-state index contributed by atoms with van der Waals surface area (Å²) in [6, 6.07) is -0.110. The van der Waals surface area contributed by atoms with E-state index in [1.807, 2.05) is 20.8 Å². The van der Waals surface area contributed by atoms with Crippen molar-refractivity contribution in [2.24, 2.45) is 11.3 Å². The monoisotopic (exact) mass is 271 g/mol. The molecule has 0 radical (unpaired) electrons. The van der Waals surface area contributed by atoms with Gasteiger partial charge in [0.1, 0.15) is 0 Å². The van der Waals surface area contributed by atoms with E-state index in [2.05, 4.69) is 12.6 Å². The first-order valence-electron chi connectivity index (χ1n) is 5.89. The van der Waals surface area contributed by atoms with Gasteiger partial charge < -0.3 is 0 Å². The van der Waals surface area contributed by atoms with Crippen LogP contribution in [0.3, 0.4) is 0 Å². The Kier molecular flexibility index (Phi) is 6.36. The smallest absolute Gasteiger partial charge is 0.292 e. The molecule has 1 unspecified atom stereocenters. The van der Waals surface area contributed by atoms with Crippen LogP contribution in [0.15, 0.2) is 0 Å². The molecular weight excluding hydrogens is 247 g/mol. The molecule has 0 saturated heterocycles. The lowest BCUT2D eigenvalue weighted by Gasteiger charge is -2.36. The lowest BCUT2D eigenvalue weighted by atomic mass is 9.81. The minimum Gasteiger partial charge on any atom is -0.292 e. The molecule has 0 fully saturated rings. The fourth-order valence-electron chi connectivity index (χ4n) is 1.58. The van der Waals surface area contributed by atoms with E-state index >= 15 is 0 Å². The lowest BCUT2D eigenvalue weighted by Crippen LogP contribution is -2.44. The van der Waals surface area contributed by atoms with Gasteiger partial charge in [0.15, 0.2) is 0 Å². The van der Waals surface area contributed by atoms with Crippen LogP contribution in [0.25, 0.3) is 0 Å². The maximum Gasteiger partial charge on any atom is 0.401 e. The van der Waals surface area contributed by atoms with E-state index in [0.29, 0.717) is 12.3 Å². The molecule has 0 heterocycles. The first-order chi connectivity index (χ1) is 7.47. The van der Waals surface area contributed by atoms with Crippen molar-refractivity contribution in [2.75, 3.05) is 18.8 Å². The second kappa shape index (κ2) is 6.32. The third-order valence-corrected chi connectivity index (χ3v) is 3.45. The molecule has 0 rings (SSSR count). The first kappa shape index (κ1) is 17.1. The maximum absolute atomic E-state index is 12.5. The number of nitrogens with zero attached hydrogens (tertiary/aromatic N) is 1. The van der Waals surface area contributed by atoms with Crippen molar-refractivity contribution in [3.8, 4) is 0 Å². The van der Waals surface area contributed by atoms with Crippen molar-refractivity contribution < 1.29 is 13.2 Å². The molecule has 5 heteroatoms. The minimum absolute atomic E-state index is 0.0273. The van der Waals surface area contributed by atoms with Crippen LogP contribution in [-0.2, 0) is 0 Å². The predicted octanol–water partition coefficient (Wildman–Crippen LogP) is 3.85. The number of thiol groups is 1. The molecule has 1 atom stereocenters. The molecule has 0 aromatic carbocycles. The highest BCUT2D eigenvalue weighted by Gasteiger charge is 2.34. The number of hydrogen-bond acceptors (Lipinski definition) is 2. The van der Waals surface area contributed by atoms with Crippen LogP contribution < -0.4 is 0 Å². The molecule has 0 N–H and O–H groups in total. The van der Waals surface area contributed by atoms with Gasteiger partial charge in [-0.3, -0.25) is 4.90 Å². The van der Waals surface area contributed by atoms with Gasteiger partial charge in [-0.05, 0) is 30.9 Å². The summed E-state index contributed by atoms with van der Waals surface area (Å²) in [4.78, 5) is 1.48. The van der Waals surface area contributed by atoms with Crippen LogP contribution in [0, 0.1) is 11.3 Å². The average molecular weight is 271 g/mol. The molecule has 0 bridgehead atoms. The molecular formula is C12H24F3NS. The van der Waals surface area contributed by atoms with Gasteiger partial charge in [0.25, 0.3) is 0 Å². The van der Waals surface area contributed by atoms with E-state index in [1.54, 1.807) is 13.8 Å². The zero-order valence-corrected chi connectivity index (χ0v) is 12.2. The average Bonchev–Trinajstić information content (AvgIpc) is 2.07. The van der Waals surface area contributed by atoms with E-state index < -0.39 is 12.7 Å². The highest BCUT2D eigenvalue weighted by Crippen LogP contribution is 2.29. The summed E-state index contributed by atoms with van der Waals surface area (Å²) < 4.78 is 37.4. The van der Waals surface area contributed by atoms with E-state index in [0.717, 1.165) is 0 Å². The SMILES string of the molecule is CC(C)N(CC(CS)C(C)(C)C)CC(F)(F)F. The molecule has 104 valence electrons. The Balaban J connectivity index is 4.64. The van der Waals surface area contributed by atoms with Crippen molar-refractivity contribution in [3.05, 3.63) is 0 Å². The molecule has 0 aliphatic rings. The van der Waals surface area contributed by atoms with Crippen LogP contribution in [0.4, 0.5) is 13.2 Å². The number of hydrogen-bond donors (Lipinski definition) is 1. The van der Waals surface area contributed by atoms with Gasteiger partial charge in [-0.15, -0.1) is 0 Å². The van der Waals surface area contributed by atoms with Gasteiger partial charge in [0.2, 0.25) is 0 Å². The Morgan fingerprint density at radius 1 is 1.12 bits per heavy atom. The standard InChI is InChI=1S/C12H24F3NS/c1-9(2)16(8-12(13,14)15)6-10(7-17)11(3,4)5/h9-10,17H,6-8H2,1-5H3. The summed E-state index contributed by atoms with van der Waals surface area (Å²) >= 11 is 4.26. The van der Waals surface area contributed by atoms with Gasteiger partial charge in [0, 0.05) is 12.6 Å². The van der Waals surface area contributed by atoms with Crippen molar-refractivity contribution >= 4 is 12.6 Å². The van der Waals surface area contributed by atoms with E-state index in [1.165, 1.54) is 4.90 Å². The molecule has 0 aliphatic carbocycles. The Morgan fingerprint density at radius 3 is 1.82 bits per heavy atom. The Labute approximate surface area is 108 Å². The molecule has 17 heavy (non-hydrogen) atoms. The van der Waals surface area contributed by atoms with Gasteiger partial charge in [-0.25, -0.2) is 0 Å². The van der Waals surface area contributed by atoms with Crippen LogP contribution in [-0.4, -0.2) is 36.0 Å². The van der Waals surface area contributed by atoms with Crippen LogP contribution >= 0.6 is 12.6 Å². The molecule has 0 spiro atoms. The second-order valence-corrected chi connectivity index (χ2v) is 6.25. The van der Waals surface area contributed by atoms with Gasteiger partial charge >= 0.3 is 6.18 Å².